The zero-order chi connectivity index (χ0) is 13.4. The third-order valence-corrected chi connectivity index (χ3v) is 4.13. The van der Waals surface area contributed by atoms with Crippen molar-refractivity contribution in [3.05, 3.63) is 22.8 Å². The maximum atomic E-state index is 13.9. The van der Waals surface area contributed by atoms with Crippen LogP contribution in [-0.4, -0.2) is 36.2 Å². The smallest absolute Gasteiger partial charge is 0.135 e. The lowest BCUT2D eigenvalue weighted by Crippen LogP contribution is -2.39. The second-order valence-electron chi connectivity index (χ2n) is 4.73. The van der Waals surface area contributed by atoms with Crippen LogP contribution in [0.1, 0.15) is 12.5 Å². The van der Waals surface area contributed by atoms with Crippen molar-refractivity contribution < 1.29 is 9.13 Å². The number of halogens is 2. The number of benzene rings is 1. The van der Waals surface area contributed by atoms with Gasteiger partial charge < -0.3 is 10.1 Å². The summed E-state index contributed by atoms with van der Waals surface area (Å²) in [6.45, 7) is 1.22. The average Bonchev–Trinajstić information content (AvgIpc) is 2.80. The van der Waals surface area contributed by atoms with Crippen molar-refractivity contribution in [1.82, 2.24) is 15.1 Å². The Bertz CT molecular complexity index is 601. The molecule has 2 atom stereocenters. The Labute approximate surface area is 119 Å². The first-order chi connectivity index (χ1) is 9.19. The molecule has 0 spiro atoms. The molecule has 1 fully saturated rings. The van der Waals surface area contributed by atoms with Gasteiger partial charge in [-0.15, -0.1) is 0 Å². The summed E-state index contributed by atoms with van der Waals surface area (Å²) in [5.41, 5.74) is 0.825. The van der Waals surface area contributed by atoms with Crippen LogP contribution in [0.25, 0.3) is 10.9 Å². The Balaban J connectivity index is 2.01. The average molecular weight is 328 g/mol. The van der Waals surface area contributed by atoms with Crippen LogP contribution in [-0.2, 0) is 0 Å². The van der Waals surface area contributed by atoms with Gasteiger partial charge in [-0.25, -0.2) is 4.39 Å². The van der Waals surface area contributed by atoms with E-state index in [2.05, 4.69) is 26.3 Å². The first-order valence-electron chi connectivity index (χ1n) is 6.26. The fraction of sp³-hybridized carbons (Fsp3) is 0.462. The summed E-state index contributed by atoms with van der Waals surface area (Å²) in [6, 6.07) is 3.63. The lowest BCUT2D eigenvalue weighted by Gasteiger charge is -2.26. The van der Waals surface area contributed by atoms with Crippen LogP contribution < -0.4 is 10.1 Å². The number of ether oxygens (including phenoxy) is 1. The normalized spacial score (nSPS) is 23.7. The summed E-state index contributed by atoms with van der Waals surface area (Å²) < 4.78 is 21.8. The van der Waals surface area contributed by atoms with Crippen molar-refractivity contribution in [2.45, 2.75) is 18.6 Å². The molecular weight excluding hydrogens is 313 g/mol. The number of fused-ring (bicyclic) bond motifs is 1. The predicted octanol–water partition coefficient (Wildman–Crippen LogP) is 2.68. The minimum Gasteiger partial charge on any atom is -0.495 e. The largest absolute Gasteiger partial charge is 0.495 e. The van der Waals surface area contributed by atoms with E-state index in [1.165, 1.54) is 0 Å². The molecule has 2 aromatic rings. The summed E-state index contributed by atoms with van der Waals surface area (Å²) in [4.78, 5) is 0. The van der Waals surface area contributed by atoms with Crippen LogP contribution in [0, 0.1) is 0 Å². The van der Waals surface area contributed by atoms with Crippen molar-refractivity contribution in [2.24, 2.45) is 0 Å². The maximum absolute atomic E-state index is 13.9. The molecule has 2 heterocycles. The fourth-order valence-corrected chi connectivity index (χ4v) is 3.00. The van der Waals surface area contributed by atoms with Crippen LogP contribution in [0.5, 0.6) is 5.75 Å². The Morgan fingerprint density at radius 3 is 3.11 bits per heavy atom. The second kappa shape index (κ2) is 5.09. The summed E-state index contributed by atoms with van der Waals surface area (Å²) in [6.07, 6.45) is 1.77. The zero-order valence-electron chi connectivity index (χ0n) is 10.6. The SMILES string of the molecule is COc1cc2nn([C@H]3CCNC[C@@H]3F)cc2cc1Br. The van der Waals surface area contributed by atoms with Gasteiger partial charge in [-0.05, 0) is 35.0 Å². The molecule has 1 aliphatic heterocycles. The molecule has 1 aromatic heterocycles. The van der Waals surface area contributed by atoms with Gasteiger partial charge in [0.1, 0.15) is 11.9 Å². The van der Waals surface area contributed by atoms with Crippen LogP contribution in [0.3, 0.4) is 0 Å². The molecular formula is C13H15BrFN3O. The van der Waals surface area contributed by atoms with Gasteiger partial charge in [-0.2, -0.15) is 5.10 Å². The quantitative estimate of drug-likeness (QED) is 0.921. The molecule has 1 N–H and O–H groups in total. The van der Waals surface area contributed by atoms with E-state index in [1.807, 2.05) is 18.3 Å². The molecule has 0 amide bonds. The molecule has 0 aliphatic carbocycles. The molecule has 3 rings (SSSR count). The predicted molar refractivity (Wildman–Crippen MR) is 75.4 cm³/mol. The topological polar surface area (TPSA) is 39.1 Å². The van der Waals surface area contributed by atoms with E-state index in [-0.39, 0.29) is 6.04 Å². The van der Waals surface area contributed by atoms with Gasteiger partial charge in [-0.3, -0.25) is 4.68 Å². The Morgan fingerprint density at radius 1 is 1.53 bits per heavy atom. The number of methoxy groups -OCH3 is 1. The number of nitrogens with zero attached hydrogens (tertiary/aromatic N) is 2. The van der Waals surface area contributed by atoms with Gasteiger partial charge in [0.05, 0.1) is 23.1 Å². The molecule has 0 saturated carbocycles. The van der Waals surface area contributed by atoms with E-state index in [1.54, 1.807) is 11.8 Å². The molecule has 0 unspecified atom stereocenters. The standard InChI is InChI=1S/C13H15BrFN3O/c1-19-13-5-11-8(4-9(13)14)7-18(17-11)12-2-3-16-6-10(12)15/h4-5,7,10,12,16H,2-3,6H2,1H3/t10-,12-/m0/s1. The summed E-state index contributed by atoms with van der Waals surface area (Å²) in [5, 5.41) is 8.52. The summed E-state index contributed by atoms with van der Waals surface area (Å²) in [5.74, 6) is 0.736. The number of rotatable bonds is 2. The highest BCUT2D eigenvalue weighted by atomic mass is 79.9. The van der Waals surface area contributed by atoms with Crippen LogP contribution in [0.4, 0.5) is 4.39 Å². The van der Waals surface area contributed by atoms with Gasteiger partial charge in [0, 0.05) is 24.2 Å². The highest BCUT2D eigenvalue weighted by molar-refractivity contribution is 9.10. The number of alkyl halides is 1. The monoisotopic (exact) mass is 327 g/mol. The molecule has 6 heteroatoms. The van der Waals surface area contributed by atoms with Gasteiger partial charge >= 0.3 is 0 Å². The van der Waals surface area contributed by atoms with Gasteiger partial charge in [0.2, 0.25) is 0 Å². The molecule has 1 saturated heterocycles. The highest BCUT2D eigenvalue weighted by Gasteiger charge is 2.27. The third-order valence-electron chi connectivity index (χ3n) is 3.51. The fourth-order valence-electron chi connectivity index (χ4n) is 2.47. The van der Waals surface area contributed by atoms with Crippen molar-refractivity contribution in [1.29, 1.82) is 0 Å². The number of aromatic nitrogens is 2. The van der Waals surface area contributed by atoms with E-state index in [0.717, 1.165) is 34.1 Å². The third kappa shape index (κ3) is 2.34. The van der Waals surface area contributed by atoms with Gasteiger partial charge in [-0.1, -0.05) is 0 Å². The minimum atomic E-state index is -0.895. The Morgan fingerprint density at radius 2 is 2.37 bits per heavy atom. The van der Waals surface area contributed by atoms with E-state index in [0.29, 0.717) is 6.54 Å². The number of hydrogen-bond acceptors (Lipinski definition) is 3. The lowest BCUT2D eigenvalue weighted by molar-refractivity contribution is 0.174. The van der Waals surface area contributed by atoms with Crippen molar-refractivity contribution in [3.63, 3.8) is 0 Å². The molecule has 0 radical (unpaired) electrons. The molecule has 4 nitrogen and oxygen atoms in total. The van der Waals surface area contributed by atoms with Crippen LogP contribution in [0.2, 0.25) is 0 Å². The molecule has 1 aliphatic rings. The maximum Gasteiger partial charge on any atom is 0.135 e. The molecule has 0 bridgehead atoms. The van der Waals surface area contributed by atoms with Crippen LogP contribution >= 0.6 is 15.9 Å². The van der Waals surface area contributed by atoms with Crippen molar-refractivity contribution in [3.8, 4) is 5.75 Å². The number of hydrogen-bond donors (Lipinski definition) is 1. The molecule has 19 heavy (non-hydrogen) atoms. The summed E-state index contributed by atoms with van der Waals surface area (Å²) >= 11 is 3.45. The first-order valence-corrected chi connectivity index (χ1v) is 7.05. The van der Waals surface area contributed by atoms with E-state index in [9.17, 15) is 4.39 Å². The second-order valence-corrected chi connectivity index (χ2v) is 5.59. The minimum absolute atomic E-state index is 0.182. The van der Waals surface area contributed by atoms with Crippen molar-refractivity contribution >= 4 is 26.8 Å². The number of piperidine rings is 1. The van der Waals surface area contributed by atoms with Gasteiger partial charge in [0.15, 0.2) is 0 Å². The van der Waals surface area contributed by atoms with Gasteiger partial charge in [0.25, 0.3) is 0 Å². The Hall–Kier alpha value is -1.14. The molecule has 1 aromatic carbocycles. The summed E-state index contributed by atoms with van der Waals surface area (Å²) in [7, 11) is 1.62. The van der Waals surface area contributed by atoms with E-state index in [4.69, 9.17) is 4.74 Å². The zero-order valence-corrected chi connectivity index (χ0v) is 12.2. The van der Waals surface area contributed by atoms with Crippen molar-refractivity contribution in [2.75, 3.05) is 20.2 Å². The highest BCUT2D eigenvalue weighted by Crippen LogP contribution is 2.31. The molecule has 102 valence electrons. The lowest BCUT2D eigenvalue weighted by atomic mass is 10.1. The number of nitrogens with one attached hydrogen (secondary N) is 1. The van der Waals surface area contributed by atoms with Crippen LogP contribution in [0.15, 0.2) is 22.8 Å². The van der Waals surface area contributed by atoms with E-state index >= 15 is 0 Å². The Kier molecular flexibility index (Phi) is 3.45. The van der Waals surface area contributed by atoms with E-state index < -0.39 is 6.17 Å². The first kappa shape index (κ1) is 12.9.